The summed E-state index contributed by atoms with van der Waals surface area (Å²) in [4.78, 5) is 11.6. The number of nitrogens with one attached hydrogen (secondary N) is 1. The van der Waals surface area contributed by atoms with Crippen LogP contribution in [0.15, 0.2) is 18.2 Å². The zero-order valence-corrected chi connectivity index (χ0v) is 13.0. The molecule has 5 nitrogen and oxygen atoms in total. The summed E-state index contributed by atoms with van der Waals surface area (Å²) in [5.41, 5.74) is 1.11. The minimum atomic E-state index is -3.44. The molecule has 1 aromatic carbocycles. The zero-order chi connectivity index (χ0) is 15.9. The lowest BCUT2D eigenvalue weighted by molar-refractivity contribution is -0.118. The van der Waals surface area contributed by atoms with Crippen molar-refractivity contribution in [2.75, 3.05) is 25.2 Å². The molecule has 7 heteroatoms. The van der Waals surface area contributed by atoms with E-state index in [1.165, 1.54) is 13.2 Å². The molecule has 0 unspecified atom stereocenters. The topological polar surface area (TPSA) is 72.5 Å². The molecular weight excluding hydrogens is 297 g/mol. The maximum absolute atomic E-state index is 13.3. The number of aryl methyl sites for hydroxylation is 1. The second-order valence-electron chi connectivity index (χ2n) is 4.80. The van der Waals surface area contributed by atoms with E-state index < -0.39 is 21.5 Å². The average Bonchev–Trinajstić information content (AvgIpc) is 2.40. The summed E-state index contributed by atoms with van der Waals surface area (Å²) in [6, 6.07) is 4.62. The van der Waals surface area contributed by atoms with Crippen LogP contribution in [0.2, 0.25) is 0 Å². The molecule has 0 saturated heterocycles. The van der Waals surface area contributed by atoms with Crippen LogP contribution in [0, 0.1) is 12.7 Å². The van der Waals surface area contributed by atoms with E-state index in [-0.39, 0.29) is 18.1 Å². The van der Waals surface area contributed by atoms with Crippen molar-refractivity contribution in [1.82, 2.24) is 5.32 Å². The largest absolute Gasteiger partial charge is 0.385 e. The Balaban J connectivity index is 2.44. The third-order valence-electron chi connectivity index (χ3n) is 2.88. The van der Waals surface area contributed by atoms with Gasteiger partial charge in [-0.3, -0.25) is 4.79 Å². The van der Waals surface area contributed by atoms with E-state index in [0.717, 1.165) is 0 Å². The lowest BCUT2D eigenvalue weighted by atomic mass is 10.1. The van der Waals surface area contributed by atoms with Crippen LogP contribution in [0.3, 0.4) is 0 Å². The SMILES string of the molecule is COCCCS(=O)(=O)CC(=O)NCc1ccc(C)c(F)c1. The van der Waals surface area contributed by atoms with Crippen molar-refractivity contribution in [2.45, 2.75) is 19.9 Å². The molecule has 0 atom stereocenters. The summed E-state index contributed by atoms with van der Waals surface area (Å²) in [6.07, 6.45) is 0.356. The number of hydrogen-bond acceptors (Lipinski definition) is 4. The second kappa shape index (κ2) is 8.09. The first-order chi connectivity index (χ1) is 9.84. The summed E-state index contributed by atoms with van der Waals surface area (Å²) in [5, 5.41) is 2.48. The smallest absolute Gasteiger partial charge is 0.235 e. The lowest BCUT2D eigenvalue weighted by Crippen LogP contribution is -2.31. The molecular formula is C14H20FNO4S. The Hall–Kier alpha value is -1.47. The highest BCUT2D eigenvalue weighted by Crippen LogP contribution is 2.08. The Morgan fingerprint density at radius 1 is 1.38 bits per heavy atom. The van der Waals surface area contributed by atoms with Gasteiger partial charge in [-0.25, -0.2) is 12.8 Å². The molecule has 21 heavy (non-hydrogen) atoms. The summed E-state index contributed by atoms with van der Waals surface area (Å²) in [5.74, 6) is -1.60. The first-order valence-corrected chi connectivity index (χ1v) is 8.37. The second-order valence-corrected chi connectivity index (χ2v) is 6.98. The highest BCUT2D eigenvalue weighted by atomic mass is 32.2. The van der Waals surface area contributed by atoms with E-state index >= 15 is 0 Å². The van der Waals surface area contributed by atoms with Gasteiger partial charge in [-0.05, 0) is 30.5 Å². The molecule has 0 aliphatic heterocycles. The Labute approximate surface area is 124 Å². The number of carbonyl (C=O) groups is 1. The number of hydrogen-bond donors (Lipinski definition) is 1. The summed E-state index contributed by atoms with van der Waals surface area (Å²) < 4.78 is 41.4. The molecule has 0 aromatic heterocycles. The van der Waals surface area contributed by atoms with Crippen LogP contribution in [0.25, 0.3) is 0 Å². The minimum absolute atomic E-state index is 0.0899. The first-order valence-electron chi connectivity index (χ1n) is 6.55. The zero-order valence-electron chi connectivity index (χ0n) is 12.2. The van der Waals surface area contributed by atoms with Crippen LogP contribution in [-0.4, -0.2) is 39.5 Å². The fourth-order valence-corrected chi connectivity index (χ4v) is 2.90. The van der Waals surface area contributed by atoms with Gasteiger partial charge in [0.15, 0.2) is 9.84 Å². The molecule has 0 radical (unpaired) electrons. The lowest BCUT2D eigenvalue weighted by Gasteiger charge is -2.07. The van der Waals surface area contributed by atoms with E-state index in [1.807, 2.05) is 0 Å². The molecule has 1 N–H and O–H groups in total. The Kier molecular flexibility index (Phi) is 6.77. The predicted molar refractivity (Wildman–Crippen MR) is 78.1 cm³/mol. The van der Waals surface area contributed by atoms with Gasteiger partial charge < -0.3 is 10.1 Å². The summed E-state index contributed by atoms with van der Waals surface area (Å²) in [7, 11) is -1.95. The number of rotatable bonds is 8. The molecule has 0 spiro atoms. The molecule has 0 aliphatic carbocycles. The standard InChI is InChI=1S/C14H20FNO4S/c1-11-4-5-12(8-13(11)15)9-16-14(17)10-21(18,19)7-3-6-20-2/h4-5,8H,3,6-7,9-10H2,1-2H3,(H,16,17). The molecule has 0 fully saturated rings. The van der Waals surface area contributed by atoms with Crippen LogP contribution >= 0.6 is 0 Å². The van der Waals surface area contributed by atoms with Crippen LogP contribution < -0.4 is 5.32 Å². The number of sulfone groups is 1. The number of ether oxygens (including phenoxy) is 1. The fourth-order valence-electron chi connectivity index (χ4n) is 1.69. The Bertz CT molecular complexity index is 587. The van der Waals surface area contributed by atoms with Crippen molar-refractivity contribution in [3.05, 3.63) is 35.1 Å². The molecule has 0 bridgehead atoms. The van der Waals surface area contributed by atoms with Crippen molar-refractivity contribution >= 4 is 15.7 Å². The molecule has 1 rings (SSSR count). The molecule has 0 saturated carbocycles. The van der Waals surface area contributed by atoms with Gasteiger partial charge in [-0.1, -0.05) is 12.1 Å². The van der Waals surface area contributed by atoms with Gasteiger partial charge in [0.1, 0.15) is 11.6 Å². The normalized spacial score (nSPS) is 11.4. The van der Waals surface area contributed by atoms with E-state index in [9.17, 15) is 17.6 Å². The molecule has 118 valence electrons. The minimum Gasteiger partial charge on any atom is -0.385 e. The molecule has 0 aliphatic rings. The van der Waals surface area contributed by atoms with Gasteiger partial charge >= 0.3 is 0 Å². The van der Waals surface area contributed by atoms with Crippen LogP contribution in [-0.2, 0) is 25.9 Å². The van der Waals surface area contributed by atoms with E-state index in [0.29, 0.717) is 24.2 Å². The van der Waals surface area contributed by atoms with E-state index in [4.69, 9.17) is 4.74 Å². The first kappa shape index (κ1) is 17.6. The number of carbonyl (C=O) groups excluding carboxylic acids is 1. The monoisotopic (exact) mass is 317 g/mol. The summed E-state index contributed by atoms with van der Waals surface area (Å²) >= 11 is 0. The maximum Gasteiger partial charge on any atom is 0.235 e. The van der Waals surface area contributed by atoms with Crippen molar-refractivity contribution in [3.63, 3.8) is 0 Å². The highest BCUT2D eigenvalue weighted by Gasteiger charge is 2.16. The quantitative estimate of drug-likeness (QED) is 0.731. The van der Waals surface area contributed by atoms with Gasteiger partial charge in [-0.2, -0.15) is 0 Å². The van der Waals surface area contributed by atoms with Gasteiger partial charge in [0.2, 0.25) is 5.91 Å². The van der Waals surface area contributed by atoms with Crippen LogP contribution in [0.4, 0.5) is 4.39 Å². The van der Waals surface area contributed by atoms with Crippen molar-refractivity contribution < 1.29 is 22.3 Å². The fraction of sp³-hybridized carbons (Fsp3) is 0.500. The van der Waals surface area contributed by atoms with Crippen LogP contribution in [0.5, 0.6) is 0 Å². The van der Waals surface area contributed by atoms with Gasteiger partial charge in [0.05, 0.1) is 5.75 Å². The van der Waals surface area contributed by atoms with E-state index in [1.54, 1.807) is 19.1 Å². The van der Waals surface area contributed by atoms with Crippen molar-refractivity contribution in [1.29, 1.82) is 0 Å². The molecule has 1 amide bonds. The Morgan fingerprint density at radius 3 is 2.71 bits per heavy atom. The maximum atomic E-state index is 13.3. The van der Waals surface area contributed by atoms with Crippen LogP contribution in [0.1, 0.15) is 17.5 Å². The third-order valence-corrected chi connectivity index (χ3v) is 4.49. The van der Waals surface area contributed by atoms with Gasteiger partial charge in [0, 0.05) is 20.3 Å². The third kappa shape index (κ3) is 6.68. The molecule has 0 heterocycles. The van der Waals surface area contributed by atoms with Crippen molar-refractivity contribution in [2.24, 2.45) is 0 Å². The number of benzene rings is 1. The predicted octanol–water partition coefficient (Wildman–Crippen LogP) is 1.20. The number of halogens is 1. The highest BCUT2D eigenvalue weighted by molar-refractivity contribution is 7.92. The van der Waals surface area contributed by atoms with Gasteiger partial charge in [-0.15, -0.1) is 0 Å². The van der Waals surface area contributed by atoms with Crippen molar-refractivity contribution in [3.8, 4) is 0 Å². The number of methoxy groups -OCH3 is 1. The summed E-state index contributed by atoms with van der Waals surface area (Å²) in [6.45, 7) is 2.08. The molecule has 1 aromatic rings. The number of amides is 1. The van der Waals surface area contributed by atoms with Gasteiger partial charge in [0.25, 0.3) is 0 Å². The average molecular weight is 317 g/mol. The van der Waals surface area contributed by atoms with E-state index in [2.05, 4.69) is 5.32 Å². The Morgan fingerprint density at radius 2 is 2.10 bits per heavy atom.